The molecule has 0 aliphatic heterocycles. The quantitative estimate of drug-likeness (QED) is 0.842. The van der Waals surface area contributed by atoms with Gasteiger partial charge in [-0.3, -0.25) is 4.90 Å². The normalized spacial score (nSPS) is 15.1. The minimum atomic E-state index is -0.170. The van der Waals surface area contributed by atoms with Crippen LogP contribution in [0.4, 0.5) is 4.39 Å². The molecule has 18 heavy (non-hydrogen) atoms. The average Bonchev–Trinajstić information content (AvgIpc) is 2.29. The first kappa shape index (κ1) is 15.1. The van der Waals surface area contributed by atoms with Crippen molar-refractivity contribution in [3.63, 3.8) is 0 Å². The fourth-order valence-electron chi connectivity index (χ4n) is 2.24. The Balaban J connectivity index is 2.86. The van der Waals surface area contributed by atoms with Gasteiger partial charge in [0.1, 0.15) is 5.82 Å². The van der Waals surface area contributed by atoms with E-state index in [0.717, 1.165) is 13.0 Å². The van der Waals surface area contributed by atoms with Crippen LogP contribution in [0.25, 0.3) is 0 Å². The number of hydrogen-bond acceptors (Lipinski definition) is 2. The Morgan fingerprint density at radius 2 is 1.83 bits per heavy atom. The molecule has 0 fully saturated rings. The maximum absolute atomic E-state index is 13.9. The Labute approximate surface area is 110 Å². The summed E-state index contributed by atoms with van der Waals surface area (Å²) in [6.45, 7) is 7.25. The lowest BCUT2D eigenvalue weighted by Gasteiger charge is -2.32. The highest BCUT2D eigenvalue weighted by Gasteiger charge is 2.23. The Morgan fingerprint density at radius 1 is 1.22 bits per heavy atom. The van der Waals surface area contributed by atoms with Gasteiger partial charge in [-0.2, -0.15) is 0 Å². The molecule has 102 valence electrons. The third kappa shape index (κ3) is 4.07. The summed E-state index contributed by atoms with van der Waals surface area (Å²) < 4.78 is 13.9. The molecule has 0 aromatic heterocycles. The van der Waals surface area contributed by atoms with E-state index in [-0.39, 0.29) is 17.9 Å². The smallest absolute Gasteiger partial charge is 0.128 e. The Bertz CT molecular complexity index is 363. The van der Waals surface area contributed by atoms with Gasteiger partial charge < -0.3 is 5.73 Å². The van der Waals surface area contributed by atoms with Crippen LogP contribution in [0.2, 0.25) is 0 Å². The molecule has 0 amide bonds. The van der Waals surface area contributed by atoms with E-state index < -0.39 is 0 Å². The molecule has 1 rings (SSSR count). The predicted molar refractivity (Wildman–Crippen MR) is 74.9 cm³/mol. The summed E-state index contributed by atoms with van der Waals surface area (Å²) >= 11 is 0. The van der Waals surface area contributed by atoms with Gasteiger partial charge in [0.15, 0.2) is 0 Å². The Kier molecular flexibility index (Phi) is 5.76. The van der Waals surface area contributed by atoms with E-state index in [9.17, 15) is 4.39 Å². The third-order valence-electron chi connectivity index (χ3n) is 3.26. The molecule has 2 atom stereocenters. The molecule has 0 bridgehead atoms. The van der Waals surface area contributed by atoms with Crippen LogP contribution in [0.5, 0.6) is 0 Å². The maximum atomic E-state index is 13.9. The van der Waals surface area contributed by atoms with Crippen LogP contribution in [0.15, 0.2) is 24.3 Å². The minimum absolute atomic E-state index is 0.0649. The molecule has 0 saturated carbocycles. The highest BCUT2D eigenvalue weighted by molar-refractivity contribution is 5.22. The SMILES string of the molecule is CC(C)CCN(C)C(c1ccccc1F)C(C)N. The highest BCUT2D eigenvalue weighted by Crippen LogP contribution is 2.25. The van der Waals surface area contributed by atoms with Crippen LogP contribution in [-0.4, -0.2) is 24.5 Å². The Hall–Kier alpha value is -0.930. The van der Waals surface area contributed by atoms with Crippen LogP contribution in [0.3, 0.4) is 0 Å². The van der Waals surface area contributed by atoms with Gasteiger partial charge >= 0.3 is 0 Å². The first-order valence-corrected chi connectivity index (χ1v) is 6.63. The van der Waals surface area contributed by atoms with Crippen molar-refractivity contribution in [1.29, 1.82) is 0 Å². The van der Waals surface area contributed by atoms with Gasteiger partial charge in [-0.15, -0.1) is 0 Å². The number of nitrogens with zero attached hydrogens (tertiary/aromatic N) is 1. The summed E-state index contributed by atoms with van der Waals surface area (Å²) in [6, 6.07) is 6.75. The molecule has 2 nitrogen and oxygen atoms in total. The second-order valence-electron chi connectivity index (χ2n) is 5.49. The molecule has 2 N–H and O–H groups in total. The molecule has 1 aromatic rings. The number of benzene rings is 1. The molecular formula is C15H25FN2. The van der Waals surface area contributed by atoms with Gasteiger partial charge in [-0.1, -0.05) is 32.0 Å². The van der Waals surface area contributed by atoms with E-state index in [1.54, 1.807) is 6.07 Å². The van der Waals surface area contributed by atoms with Crippen LogP contribution in [-0.2, 0) is 0 Å². The Morgan fingerprint density at radius 3 is 2.33 bits per heavy atom. The average molecular weight is 252 g/mol. The second kappa shape index (κ2) is 6.86. The van der Waals surface area contributed by atoms with Gasteiger partial charge in [0.2, 0.25) is 0 Å². The molecule has 1 aromatic carbocycles. The van der Waals surface area contributed by atoms with E-state index in [1.165, 1.54) is 6.07 Å². The molecule has 0 saturated heterocycles. The van der Waals surface area contributed by atoms with Gasteiger partial charge in [-0.25, -0.2) is 4.39 Å². The van der Waals surface area contributed by atoms with Gasteiger partial charge in [0.25, 0.3) is 0 Å². The van der Waals surface area contributed by atoms with Crippen LogP contribution in [0, 0.1) is 11.7 Å². The fourth-order valence-corrected chi connectivity index (χ4v) is 2.24. The van der Waals surface area contributed by atoms with E-state index in [0.29, 0.717) is 11.5 Å². The first-order chi connectivity index (χ1) is 8.43. The summed E-state index contributed by atoms with van der Waals surface area (Å²) in [5, 5.41) is 0. The number of likely N-dealkylation sites (N-methyl/N-ethyl adjacent to an activating group) is 1. The first-order valence-electron chi connectivity index (χ1n) is 6.63. The zero-order chi connectivity index (χ0) is 13.7. The largest absolute Gasteiger partial charge is 0.326 e. The molecule has 0 heterocycles. The summed E-state index contributed by atoms with van der Waals surface area (Å²) in [4.78, 5) is 2.16. The molecule has 2 unspecified atom stereocenters. The van der Waals surface area contributed by atoms with Gasteiger partial charge in [-0.05, 0) is 38.9 Å². The number of nitrogens with two attached hydrogens (primary N) is 1. The lowest BCUT2D eigenvalue weighted by molar-refractivity contribution is 0.203. The molecule has 0 radical (unpaired) electrons. The lowest BCUT2D eigenvalue weighted by atomic mass is 9.98. The molecule has 0 aliphatic rings. The van der Waals surface area contributed by atoms with Crippen molar-refractivity contribution in [2.45, 2.75) is 39.3 Å². The van der Waals surface area contributed by atoms with Gasteiger partial charge in [0.05, 0.1) is 6.04 Å². The monoisotopic (exact) mass is 252 g/mol. The maximum Gasteiger partial charge on any atom is 0.128 e. The predicted octanol–water partition coefficient (Wildman–Crippen LogP) is 3.19. The van der Waals surface area contributed by atoms with Crippen molar-refractivity contribution < 1.29 is 4.39 Å². The molecular weight excluding hydrogens is 227 g/mol. The molecule has 0 spiro atoms. The summed E-state index contributed by atoms with van der Waals surface area (Å²) in [5.41, 5.74) is 6.73. The van der Waals surface area contributed by atoms with Crippen molar-refractivity contribution in [2.24, 2.45) is 11.7 Å². The number of halogens is 1. The highest BCUT2D eigenvalue weighted by atomic mass is 19.1. The van der Waals surface area contributed by atoms with Crippen molar-refractivity contribution in [3.8, 4) is 0 Å². The molecule has 3 heteroatoms. The molecule has 0 aliphatic carbocycles. The van der Waals surface area contributed by atoms with Crippen molar-refractivity contribution >= 4 is 0 Å². The van der Waals surface area contributed by atoms with E-state index >= 15 is 0 Å². The number of hydrogen-bond donors (Lipinski definition) is 1. The minimum Gasteiger partial charge on any atom is -0.326 e. The second-order valence-corrected chi connectivity index (χ2v) is 5.49. The lowest BCUT2D eigenvalue weighted by Crippen LogP contribution is -2.38. The van der Waals surface area contributed by atoms with E-state index in [1.807, 2.05) is 26.1 Å². The zero-order valence-corrected chi connectivity index (χ0v) is 11.9. The van der Waals surface area contributed by atoms with Crippen LogP contribution < -0.4 is 5.73 Å². The van der Waals surface area contributed by atoms with Crippen LogP contribution in [0.1, 0.15) is 38.8 Å². The van der Waals surface area contributed by atoms with Gasteiger partial charge in [0, 0.05) is 11.6 Å². The van der Waals surface area contributed by atoms with Crippen LogP contribution >= 0.6 is 0 Å². The summed E-state index contributed by atoms with van der Waals surface area (Å²) in [6.07, 6.45) is 1.09. The summed E-state index contributed by atoms with van der Waals surface area (Å²) in [5.74, 6) is 0.470. The van der Waals surface area contributed by atoms with Crippen molar-refractivity contribution in [2.75, 3.05) is 13.6 Å². The topological polar surface area (TPSA) is 29.3 Å². The van der Waals surface area contributed by atoms with Crippen molar-refractivity contribution in [1.82, 2.24) is 4.90 Å². The fraction of sp³-hybridized carbons (Fsp3) is 0.600. The van der Waals surface area contributed by atoms with E-state index in [2.05, 4.69) is 18.7 Å². The number of rotatable bonds is 6. The summed E-state index contributed by atoms with van der Waals surface area (Å²) in [7, 11) is 2.02. The standard InChI is InChI=1S/C15H25FN2/c1-11(2)9-10-18(4)15(12(3)17)13-7-5-6-8-14(13)16/h5-8,11-12,15H,9-10,17H2,1-4H3. The third-order valence-corrected chi connectivity index (χ3v) is 3.26. The van der Waals surface area contributed by atoms with Crippen molar-refractivity contribution in [3.05, 3.63) is 35.6 Å². The zero-order valence-electron chi connectivity index (χ0n) is 11.9. The van der Waals surface area contributed by atoms with E-state index in [4.69, 9.17) is 5.73 Å².